The zero-order valence-corrected chi connectivity index (χ0v) is 13.1. The smallest absolute Gasteiger partial charge is 0.336 e. The van der Waals surface area contributed by atoms with E-state index in [9.17, 15) is 4.79 Å². The minimum Gasteiger partial charge on any atom is -0.478 e. The summed E-state index contributed by atoms with van der Waals surface area (Å²) in [4.78, 5) is 16.3. The third-order valence-corrected chi connectivity index (χ3v) is 5.12. The second kappa shape index (κ2) is 5.97. The molecule has 0 aliphatic rings. The van der Waals surface area contributed by atoms with Crippen molar-refractivity contribution in [1.82, 2.24) is 4.98 Å². The first kappa shape index (κ1) is 14.3. The van der Waals surface area contributed by atoms with Crippen LogP contribution in [-0.2, 0) is 6.42 Å². The Morgan fingerprint density at radius 1 is 1.24 bits per heavy atom. The van der Waals surface area contributed by atoms with Gasteiger partial charge in [0.1, 0.15) is 0 Å². The molecule has 6 heteroatoms. The van der Waals surface area contributed by atoms with Gasteiger partial charge in [0.2, 0.25) is 0 Å². The van der Waals surface area contributed by atoms with Gasteiger partial charge in [-0.2, -0.15) is 0 Å². The molecule has 106 valence electrons. The molecule has 3 aromatic rings. The summed E-state index contributed by atoms with van der Waals surface area (Å²) in [5, 5.41) is 14.2. The number of benzene rings is 1. The first-order chi connectivity index (χ1) is 10.1. The fourth-order valence-corrected chi connectivity index (χ4v) is 3.83. The van der Waals surface area contributed by atoms with Gasteiger partial charge in [-0.25, -0.2) is 9.78 Å². The first-order valence-corrected chi connectivity index (χ1v) is 8.27. The van der Waals surface area contributed by atoms with Gasteiger partial charge in [-0.05, 0) is 17.7 Å². The molecule has 0 bridgehead atoms. The highest BCUT2D eigenvalue weighted by molar-refractivity contribution is 7.14. The van der Waals surface area contributed by atoms with Crippen molar-refractivity contribution in [2.24, 2.45) is 0 Å². The zero-order chi connectivity index (χ0) is 14.8. The van der Waals surface area contributed by atoms with Gasteiger partial charge in [-0.1, -0.05) is 29.8 Å². The van der Waals surface area contributed by atoms with E-state index >= 15 is 0 Å². The molecule has 0 unspecified atom stereocenters. The Kier molecular flexibility index (Phi) is 4.05. The Morgan fingerprint density at radius 3 is 2.76 bits per heavy atom. The molecule has 0 amide bonds. The van der Waals surface area contributed by atoms with Crippen LogP contribution in [0.15, 0.2) is 41.1 Å². The van der Waals surface area contributed by atoms with E-state index in [1.54, 1.807) is 22.8 Å². The Labute approximate surface area is 134 Å². The molecule has 0 saturated carbocycles. The highest BCUT2D eigenvalue weighted by Gasteiger charge is 2.11. The summed E-state index contributed by atoms with van der Waals surface area (Å²) in [6.07, 6.45) is 0.682. The fraction of sp³-hybridized carbons (Fsp3) is 0.0667. The quantitative estimate of drug-likeness (QED) is 0.744. The van der Waals surface area contributed by atoms with Crippen molar-refractivity contribution in [2.75, 3.05) is 0 Å². The Balaban J connectivity index is 1.83. The molecule has 0 saturated heterocycles. The summed E-state index contributed by atoms with van der Waals surface area (Å²) in [5.74, 6) is -0.913. The number of thiazole rings is 1. The van der Waals surface area contributed by atoms with E-state index in [0.717, 1.165) is 26.2 Å². The monoisotopic (exact) mass is 335 g/mol. The average molecular weight is 336 g/mol. The number of thiophene rings is 1. The summed E-state index contributed by atoms with van der Waals surface area (Å²) in [6, 6.07) is 9.36. The van der Waals surface area contributed by atoms with Gasteiger partial charge in [0.25, 0.3) is 0 Å². The molecule has 3 nitrogen and oxygen atoms in total. The van der Waals surface area contributed by atoms with E-state index < -0.39 is 5.97 Å². The number of nitrogens with zero attached hydrogens (tertiary/aromatic N) is 1. The number of carboxylic acids is 1. The molecule has 2 heterocycles. The number of rotatable bonds is 4. The Bertz CT molecular complexity index is 794. The van der Waals surface area contributed by atoms with Crippen LogP contribution in [0.25, 0.3) is 10.6 Å². The maximum atomic E-state index is 10.9. The van der Waals surface area contributed by atoms with E-state index in [1.165, 1.54) is 11.3 Å². The standard InChI is InChI=1S/C15H10ClNO2S2/c16-11-4-2-1-3-9(11)6-14-17-12(8-21-14)13-5-10(7-20-13)15(18)19/h1-5,7-8H,6H2,(H,18,19). The molecule has 0 aliphatic heterocycles. The number of hydrogen-bond donors (Lipinski definition) is 1. The van der Waals surface area contributed by atoms with Crippen LogP contribution in [0, 0.1) is 0 Å². The van der Waals surface area contributed by atoms with E-state index in [1.807, 2.05) is 29.6 Å². The fourth-order valence-electron chi connectivity index (χ4n) is 1.89. The second-order valence-corrected chi connectivity index (χ2v) is 6.66. The second-order valence-electron chi connectivity index (χ2n) is 4.40. The normalized spacial score (nSPS) is 10.7. The minimum absolute atomic E-state index is 0.302. The van der Waals surface area contributed by atoms with Crippen molar-refractivity contribution < 1.29 is 9.90 Å². The molecule has 1 N–H and O–H groups in total. The Hall–Kier alpha value is -1.69. The van der Waals surface area contributed by atoms with Gasteiger partial charge >= 0.3 is 5.97 Å². The molecule has 0 radical (unpaired) electrons. The van der Waals surface area contributed by atoms with Gasteiger partial charge < -0.3 is 5.11 Å². The van der Waals surface area contributed by atoms with Crippen LogP contribution in [0.4, 0.5) is 0 Å². The maximum absolute atomic E-state index is 10.9. The van der Waals surface area contributed by atoms with Crippen molar-refractivity contribution in [2.45, 2.75) is 6.42 Å². The first-order valence-electron chi connectivity index (χ1n) is 6.13. The number of halogens is 1. The van der Waals surface area contributed by atoms with Crippen LogP contribution < -0.4 is 0 Å². The SMILES string of the molecule is O=C(O)c1csc(-c2csc(Cc3ccccc3Cl)n2)c1. The van der Waals surface area contributed by atoms with E-state index in [-0.39, 0.29) is 0 Å². The van der Waals surface area contributed by atoms with Gasteiger partial charge in [-0.15, -0.1) is 22.7 Å². The van der Waals surface area contributed by atoms with Crippen LogP contribution in [0.3, 0.4) is 0 Å². The highest BCUT2D eigenvalue weighted by atomic mass is 35.5. The van der Waals surface area contributed by atoms with Crippen LogP contribution in [-0.4, -0.2) is 16.1 Å². The summed E-state index contributed by atoms with van der Waals surface area (Å²) in [5.41, 5.74) is 2.16. The average Bonchev–Trinajstić information content (AvgIpc) is 3.10. The van der Waals surface area contributed by atoms with Gasteiger partial charge in [-0.3, -0.25) is 0 Å². The summed E-state index contributed by atoms with van der Waals surface area (Å²) in [7, 11) is 0. The summed E-state index contributed by atoms with van der Waals surface area (Å²) >= 11 is 9.10. The van der Waals surface area contributed by atoms with Gasteiger partial charge in [0, 0.05) is 22.2 Å². The predicted molar refractivity (Wildman–Crippen MR) is 86.6 cm³/mol. The molecule has 0 aliphatic carbocycles. The van der Waals surface area contributed by atoms with Crippen LogP contribution in [0.1, 0.15) is 20.9 Å². The predicted octanol–water partition coefficient (Wildman–Crippen LogP) is 4.81. The molecule has 0 atom stereocenters. The summed E-state index contributed by atoms with van der Waals surface area (Å²) < 4.78 is 0. The highest BCUT2D eigenvalue weighted by Crippen LogP contribution is 2.30. The molecule has 2 aromatic heterocycles. The topological polar surface area (TPSA) is 50.2 Å². The lowest BCUT2D eigenvalue weighted by Gasteiger charge is -2.00. The molecular weight excluding hydrogens is 326 g/mol. The van der Waals surface area contributed by atoms with Crippen molar-refractivity contribution in [3.05, 3.63) is 62.2 Å². The number of carboxylic acid groups (broad SMARTS) is 1. The maximum Gasteiger partial charge on any atom is 0.336 e. The van der Waals surface area contributed by atoms with Crippen molar-refractivity contribution in [3.63, 3.8) is 0 Å². The van der Waals surface area contributed by atoms with E-state index in [4.69, 9.17) is 16.7 Å². The number of hydrogen-bond acceptors (Lipinski definition) is 4. The third-order valence-electron chi connectivity index (χ3n) is 2.95. The molecule has 0 spiro atoms. The van der Waals surface area contributed by atoms with Crippen molar-refractivity contribution in [1.29, 1.82) is 0 Å². The number of aromatic nitrogens is 1. The largest absolute Gasteiger partial charge is 0.478 e. The molecule has 21 heavy (non-hydrogen) atoms. The van der Waals surface area contributed by atoms with E-state index in [0.29, 0.717) is 12.0 Å². The minimum atomic E-state index is -0.913. The van der Waals surface area contributed by atoms with Gasteiger partial charge in [0.15, 0.2) is 0 Å². The Morgan fingerprint density at radius 2 is 2.05 bits per heavy atom. The zero-order valence-electron chi connectivity index (χ0n) is 10.7. The lowest BCUT2D eigenvalue weighted by molar-refractivity contribution is 0.0697. The molecular formula is C15H10ClNO2S2. The molecule has 3 rings (SSSR count). The van der Waals surface area contributed by atoms with Crippen molar-refractivity contribution >= 4 is 40.2 Å². The van der Waals surface area contributed by atoms with Crippen LogP contribution >= 0.6 is 34.3 Å². The van der Waals surface area contributed by atoms with Crippen molar-refractivity contribution in [3.8, 4) is 10.6 Å². The molecule has 1 aromatic carbocycles. The van der Waals surface area contributed by atoms with Gasteiger partial charge in [0.05, 0.1) is 21.1 Å². The lowest BCUT2D eigenvalue weighted by atomic mass is 10.1. The molecule has 0 fully saturated rings. The lowest BCUT2D eigenvalue weighted by Crippen LogP contribution is -1.91. The van der Waals surface area contributed by atoms with Crippen LogP contribution in [0.2, 0.25) is 5.02 Å². The van der Waals surface area contributed by atoms with E-state index in [2.05, 4.69) is 4.98 Å². The van der Waals surface area contributed by atoms with Crippen LogP contribution in [0.5, 0.6) is 0 Å². The number of carbonyl (C=O) groups is 1. The number of aromatic carboxylic acids is 1. The summed E-state index contributed by atoms with van der Waals surface area (Å²) in [6.45, 7) is 0. The third kappa shape index (κ3) is 3.15.